The summed E-state index contributed by atoms with van der Waals surface area (Å²) in [5.74, 6) is -1.41. The molecule has 1 aromatic carbocycles. The molecule has 0 radical (unpaired) electrons. The van der Waals surface area contributed by atoms with E-state index in [0.29, 0.717) is 19.4 Å². The first-order valence-electron chi connectivity index (χ1n) is 6.16. The number of amides is 1. The van der Waals surface area contributed by atoms with Crippen molar-refractivity contribution in [2.24, 2.45) is 0 Å². The first kappa shape index (κ1) is 15.2. The van der Waals surface area contributed by atoms with E-state index >= 15 is 0 Å². The van der Waals surface area contributed by atoms with Crippen LogP contribution in [0.2, 0.25) is 5.02 Å². The lowest BCUT2D eigenvalue weighted by molar-refractivity contribution is -0.122. The van der Waals surface area contributed by atoms with Gasteiger partial charge >= 0.3 is 0 Å². The van der Waals surface area contributed by atoms with Crippen LogP contribution < -0.4 is 10.0 Å². The summed E-state index contributed by atoms with van der Waals surface area (Å²) in [6, 6.07) is 2.82. The summed E-state index contributed by atoms with van der Waals surface area (Å²) >= 11 is 5.57. The van der Waals surface area contributed by atoms with E-state index < -0.39 is 32.7 Å². The highest BCUT2D eigenvalue weighted by Crippen LogP contribution is 2.22. The van der Waals surface area contributed by atoms with Crippen LogP contribution in [-0.4, -0.2) is 26.9 Å². The highest BCUT2D eigenvalue weighted by Gasteiger charge is 2.28. The summed E-state index contributed by atoms with van der Waals surface area (Å²) in [5.41, 5.74) is 0. The van der Waals surface area contributed by atoms with E-state index in [9.17, 15) is 17.6 Å². The molecule has 5 nitrogen and oxygen atoms in total. The second-order valence-corrected chi connectivity index (χ2v) is 6.60. The molecule has 1 aromatic rings. The number of hydrogen-bond donors (Lipinski definition) is 2. The fraction of sp³-hybridized carbons (Fsp3) is 0.417. The Balaban J connectivity index is 2.26. The van der Waals surface area contributed by atoms with Crippen molar-refractivity contribution in [2.45, 2.75) is 30.2 Å². The van der Waals surface area contributed by atoms with Gasteiger partial charge in [-0.25, -0.2) is 12.8 Å². The molecule has 1 unspecified atom stereocenters. The molecule has 1 amide bonds. The van der Waals surface area contributed by atoms with Crippen LogP contribution in [0, 0.1) is 5.82 Å². The largest absolute Gasteiger partial charge is 0.355 e. The number of rotatable bonds is 3. The van der Waals surface area contributed by atoms with Crippen LogP contribution in [0.25, 0.3) is 0 Å². The topological polar surface area (TPSA) is 75.3 Å². The minimum atomic E-state index is -4.13. The van der Waals surface area contributed by atoms with Gasteiger partial charge in [-0.2, -0.15) is 4.72 Å². The number of sulfonamides is 1. The zero-order valence-corrected chi connectivity index (χ0v) is 12.1. The molecule has 1 aliphatic rings. The maximum atomic E-state index is 13.8. The van der Waals surface area contributed by atoms with Crippen LogP contribution in [-0.2, 0) is 14.8 Å². The van der Waals surface area contributed by atoms with Crippen molar-refractivity contribution in [3.63, 3.8) is 0 Å². The molecule has 0 saturated carbocycles. The van der Waals surface area contributed by atoms with Gasteiger partial charge in [-0.1, -0.05) is 17.7 Å². The maximum Gasteiger partial charge on any atom is 0.244 e. The molecule has 2 rings (SSSR count). The summed E-state index contributed by atoms with van der Waals surface area (Å²) in [5, 5.41) is 2.33. The zero-order chi connectivity index (χ0) is 14.8. The van der Waals surface area contributed by atoms with Gasteiger partial charge in [-0.3, -0.25) is 4.79 Å². The predicted octanol–water partition coefficient (Wildman–Crippen LogP) is 1.43. The van der Waals surface area contributed by atoms with Crippen molar-refractivity contribution < 1.29 is 17.6 Å². The summed E-state index contributed by atoms with van der Waals surface area (Å²) < 4.78 is 40.3. The Hall–Kier alpha value is -1.18. The maximum absolute atomic E-state index is 13.8. The molecule has 1 aliphatic heterocycles. The number of halogens is 2. The first-order valence-corrected chi connectivity index (χ1v) is 8.02. The van der Waals surface area contributed by atoms with Gasteiger partial charge < -0.3 is 5.32 Å². The van der Waals surface area contributed by atoms with Crippen molar-refractivity contribution in [1.29, 1.82) is 0 Å². The molecule has 1 saturated heterocycles. The van der Waals surface area contributed by atoms with Gasteiger partial charge in [0.15, 0.2) is 5.82 Å². The molecule has 1 atom stereocenters. The molecule has 0 aliphatic carbocycles. The SMILES string of the molecule is O=C1NCCCCC1NS(=O)(=O)c1cccc(Cl)c1F. The highest BCUT2D eigenvalue weighted by atomic mass is 35.5. The average molecular weight is 321 g/mol. The molecule has 20 heavy (non-hydrogen) atoms. The van der Waals surface area contributed by atoms with E-state index in [-0.39, 0.29) is 5.02 Å². The third-order valence-electron chi connectivity index (χ3n) is 3.04. The first-order chi connectivity index (χ1) is 9.42. The molecule has 2 N–H and O–H groups in total. The average Bonchev–Trinajstić information content (AvgIpc) is 2.58. The lowest BCUT2D eigenvalue weighted by Gasteiger charge is -2.15. The van der Waals surface area contributed by atoms with E-state index in [4.69, 9.17) is 11.6 Å². The van der Waals surface area contributed by atoms with Crippen LogP contribution in [0.5, 0.6) is 0 Å². The normalized spacial score (nSPS) is 20.3. The fourth-order valence-electron chi connectivity index (χ4n) is 1.99. The van der Waals surface area contributed by atoms with Gasteiger partial charge in [-0.15, -0.1) is 0 Å². The number of benzene rings is 1. The van der Waals surface area contributed by atoms with Crippen molar-refractivity contribution in [3.05, 3.63) is 29.0 Å². The van der Waals surface area contributed by atoms with Crippen molar-refractivity contribution in [3.8, 4) is 0 Å². The van der Waals surface area contributed by atoms with E-state index in [2.05, 4.69) is 10.0 Å². The van der Waals surface area contributed by atoms with Gasteiger partial charge in [0.25, 0.3) is 0 Å². The zero-order valence-electron chi connectivity index (χ0n) is 10.5. The van der Waals surface area contributed by atoms with E-state index in [1.54, 1.807) is 0 Å². The minimum absolute atomic E-state index is 0.279. The van der Waals surface area contributed by atoms with Crippen LogP contribution in [0.1, 0.15) is 19.3 Å². The Bertz CT molecular complexity index is 621. The fourth-order valence-corrected chi connectivity index (χ4v) is 3.55. The molecule has 0 spiro atoms. The number of carbonyl (C=O) groups excluding carboxylic acids is 1. The van der Waals surface area contributed by atoms with Crippen LogP contribution in [0.4, 0.5) is 4.39 Å². The van der Waals surface area contributed by atoms with Crippen molar-refractivity contribution >= 4 is 27.5 Å². The second kappa shape index (κ2) is 6.07. The molecule has 8 heteroatoms. The summed E-state index contributed by atoms with van der Waals surface area (Å²) in [7, 11) is -4.13. The lowest BCUT2D eigenvalue weighted by atomic mass is 10.1. The Morgan fingerprint density at radius 1 is 1.35 bits per heavy atom. The van der Waals surface area contributed by atoms with Crippen molar-refractivity contribution in [1.82, 2.24) is 10.0 Å². The molecular formula is C12H14ClFN2O3S. The van der Waals surface area contributed by atoms with Gasteiger partial charge in [0, 0.05) is 6.54 Å². The second-order valence-electron chi connectivity index (χ2n) is 4.51. The number of carbonyl (C=O) groups is 1. The van der Waals surface area contributed by atoms with Crippen LogP contribution >= 0.6 is 11.6 Å². The molecule has 1 fully saturated rings. The van der Waals surface area contributed by atoms with E-state index in [1.807, 2.05) is 0 Å². The molecule has 0 aromatic heterocycles. The van der Waals surface area contributed by atoms with E-state index in [1.165, 1.54) is 12.1 Å². The smallest absolute Gasteiger partial charge is 0.244 e. The Morgan fingerprint density at radius 3 is 2.85 bits per heavy atom. The quantitative estimate of drug-likeness (QED) is 0.884. The molecule has 0 bridgehead atoms. The Kier molecular flexibility index (Phi) is 4.62. The van der Waals surface area contributed by atoms with Crippen molar-refractivity contribution in [2.75, 3.05) is 6.54 Å². The summed E-state index contributed by atoms with van der Waals surface area (Å²) in [4.78, 5) is 11.2. The van der Waals surface area contributed by atoms with Crippen LogP contribution in [0.3, 0.4) is 0 Å². The molecule has 1 heterocycles. The van der Waals surface area contributed by atoms with Gasteiger partial charge in [-0.05, 0) is 31.4 Å². The third-order valence-corrected chi connectivity index (χ3v) is 4.82. The van der Waals surface area contributed by atoms with Crippen LogP contribution in [0.15, 0.2) is 23.1 Å². The van der Waals surface area contributed by atoms with Gasteiger partial charge in [0.2, 0.25) is 15.9 Å². The monoisotopic (exact) mass is 320 g/mol. The number of hydrogen-bond acceptors (Lipinski definition) is 3. The number of nitrogens with one attached hydrogen (secondary N) is 2. The lowest BCUT2D eigenvalue weighted by Crippen LogP contribution is -2.45. The standard InChI is InChI=1S/C12H14ClFN2O3S/c13-8-4-3-6-10(11(8)14)20(18,19)16-9-5-1-2-7-15-12(9)17/h3-4,6,9,16H,1-2,5,7H2,(H,15,17). The highest BCUT2D eigenvalue weighted by molar-refractivity contribution is 7.89. The summed E-state index contributed by atoms with van der Waals surface area (Å²) in [6.45, 7) is 0.516. The molecule has 110 valence electrons. The summed E-state index contributed by atoms with van der Waals surface area (Å²) in [6.07, 6.45) is 1.88. The minimum Gasteiger partial charge on any atom is -0.355 e. The van der Waals surface area contributed by atoms with Gasteiger partial charge in [0.05, 0.1) is 5.02 Å². The molecular weight excluding hydrogens is 307 g/mol. The Morgan fingerprint density at radius 2 is 2.10 bits per heavy atom. The Labute approximate surface area is 121 Å². The third kappa shape index (κ3) is 3.28. The van der Waals surface area contributed by atoms with Gasteiger partial charge in [0.1, 0.15) is 10.9 Å². The van der Waals surface area contributed by atoms with E-state index in [0.717, 1.165) is 12.5 Å². The predicted molar refractivity (Wildman–Crippen MR) is 72.4 cm³/mol.